The fraction of sp³-hybridized carbons (Fsp3) is 0.273. The SMILES string of the molecule is CCNc1nnc(CSc2ccccc2Br)s1. The van der Waals surface area contributed by atoms with Crippen molar-refractivity contribution in [3.8, 4) is 0 Å². The van der Waals surface area contributed by atoms with Crippen LogP contribution >= 0.6 is 39.0 Å². The van der Waals surface area contributed by atoms with Gasteiger partial charge in [0.1, 0.15) is 5.01 Å². The van der Waals surface area contributed by atoms with Crippen molar-refractivity contribution in [1.82, 2.24) is 10.2 Å². The topological polar surface area (TPSA) is 37.8 Å². The van der Waals surface area contributed by atoms with Gasteiger partial charge in [-0.15, -0.1) is 22.0 Å². The molecule has 0 radical (unpaired) electrons. The first-order valence-electron chi connectivity index (χ1n) is 5.23. The van der Waals surface area contributed by atoms with Crippen molar-refractivity contribution >= 4 is 44.2 Å². The van der Waals surface area contributed by atoms with Gasteiger partial charge >= 0.3 is 0 Å². The molecule has 0 aliphatic rings. The quantitative estimate of drug-likeness (QED) is 0.840. The average molecular weight is 330 g/mol. The summed E-state index contributed by atoms with van der Waals surface area (Å²) in [5, 5.41) is 13.3. The first-order valence-corrected chi connectivity index (χ1v) is 7.82. The molecule has 3 nitrogen and oxygen atoms in total. The second kappa shape index (κ2) is 6.37. The minimum Gasteiger partial charge on any atom is -0.360 e. The minimum absolute atomic E-state index is 0.853. The molecule has 0 bridgehead atoms. The van der Waals surface area contributed by atoms with E-state index in [2.05, 4.69) is 44.4 Å². The lowest BCUT2D eigenvalue weighted by molar-refractivity contribution is 1.03. The summed E-state index contributed by atoms with van der Waals surface area (Å²) in [7, 11) is 0. The molecule has 1 aromatic heterocycles. The molecule has 0 fully saturated rings. The van der Waals surface area contributed by atoms with Crippen LogP contribution in [-0.4, -0.2) is 16.7 Å². The van der Waals surface area contributed by atoms with Crippen LogP contribution in [-0.2, 0) is 5.75 Å². The smallest absolute Gasteiger partial charge is 0.205 e. The zero-order valence-corrected chi connectivity index (χ0v) is 12.5. The van der Waals surface area contributed by atoms with Gasteiger partial charge in [0.15, 0.2) is 0 Å². The second-order valence-corrected chi connectivity index (χ2v) is 6.18. The van der Waals surface area contributed by atoms with Crippen LogP contribution in [0.25, 0.3) is 0 Å². The van der Waals surface area contributed by atoms with Crippen LogP contribution in [0.4, 0.5) is 5.13 Å². The second-order valence-electron chi connectivity index (χ2n) is 3.25. The van der Waals surface area contributed by atoms with Crippen molar-refractivity contribution in [2.24, 2.45) is 0 Å². The van der Waals surface area contributed by atoms with E-state index < -0.39 is 0 Å². The number of hydrogen-bond acceptors (Lipinski definition) is 5. The molecule has 90 valence electrons. The maximum absolute atomic E-state index is 4.15. The van der Waals surface area contributed by atoms with Crippen LogP contribution in [0.15, 0.2) is 33.6 Å². The monoisotopic (exact) mass is 329 g/mol. The third-order valence-electron chi connectivity index (χ3n) is 1.98. The van der Waals surface area contributed by atoms with Crippen LogP contribution in [0.5, 0.6) is 0 Å². The van der Waals surface area contributed by atoms with Gasteiger partial charge in [-0.1, -0.05) is 23.5 Å². The van der Waals surface area contributed by atoms with Gasteiger partial charge in [0.25, 0.3) is 0 Å². The third kappa shape index (κ3) is 3.69. The Bertz CT molecular complexity index is 487. The lowest BCUT2D eigenvalue weighted by Gasteiger charge is -2.00. The molecule has 1 N–H and O–H groups in total. The fourth-order valence-electron chi connectivity index (χ4n) is 1.24. The zero-order chi connectivity index (χ0) is 12.1. The van der Waals surface area contributed by atoms with E-state index in [0.29, 0.717) is 0 Å². The summed E-state index contributed by atoms with van der Waals surface area (Å²) in [5.41, 5.74) is 0. The lowest BCUT2D eigenvalue weighted by atomic mass is 10.4. The van der Waals surface area contributed by atoms with Gasteiger partial charge in [0, 0.05) is 15.9 Å². The number of thioether (sulfide) groups is 1. The van der Waals surface area contributed by atoms with Crippen molar-refractivity contribution in [2.45, 2.75) is 17.6 Å². The van der Waals surface area contributed by atoms with Crippen molar-refractivity contribution in [3.63, 3.8) is 0 Å². The Morgan fingerprint density at radius 2 is 2.18 bits per heavy atom. The van der Waals surface area contributed by atoms with Crippen molar-refractivity contribution in [3.05, 3.63) is 33.7 Å². The minimum atomic E-state index is 0.853. The number of hydrogen-bond donors (Lipinski definition) is 1. The van der Waals surface area contributed by atoms with E-state index in [0.717, 1.165) is 26.9 Å². The largest absolute Gasteiger partial charge is 0.360 e. The molecular weight excluding hydrogens is 318 g/mol. The Hall–Kier alpha value is -0.590. The molecule has 0 spiro atoms. The molecule has 0 saturated heterocycles. The zero-order valence-electron chi connectivity index (χ0n) is 9.31. The Labute approximate surface area is 117 Å². The predicted molar refractivity (Wildman–Crippen MR) is 77.8 cm³/mol. The molecular formula is C11H12BrN3S2. The summed E-state index contributed by atoms with van der Waals surface area (Å²) in [5.74, 6) is 0.853. The van der Waals surface area contributed by atoms with E-state index in [1.165, 1.54) is 4.90 Å². The van der Waals surface area contributed by atoms with Crippen LogP contribution in [0.1, 0.15) is 11.9 Å². The molecule has 0 amide bonds. The van der Waals surface area contributed by atoms with Crippen LogP contribution in [0.3, 0.4) is 0 Å². The fourth-order valence-corrected chi connectivity index (χ4v) is 3.60. The summed E-state index contributed by atoms with van der Waals surface area (Å²) in [6.45, 7) is 2.93. The maximum Gasteiger partial charge on any atom is 0.205 e. The highest BCUT2D eigenvalue weighted by Gasteiger charge is 2.05. The van der Waals surface area contributed by atoms with Gasteiger partial charge in [-0.25, -0.2) is 0 Å². The molecule has 1 heterocycles. The first-order chi connectivity index (χ1) is 8.29. The maximum atomic E-state index is 4.15. The molecule has 0 saturated carbocycles. The molecule has 2 aromatic rings. The Morgan fingerprint density at radius 3 is 2.94 bits per heavy atom. The van der Waals surface area contributed by atoms with Crippen LogP contribution in [0, 0.1) is 0 Å². The normalized spacial score (nSPS) is 10.5. The average Bonchev–Trinajstić information content (AvgIpc) is 2.76. The molecule has 0 aliphatic heterocycles. The summed E-state index contributed by atoms with van der Waals surface area (Å²) >= 11 is 6.91. The van der Waals surface area contributed by atoms with Crippen LogP contribution in [0.2, 0.25) is 0 Å². The first kappa shape index (κ1) is 12.9. The van der Waals surface area contributed by atoms with Gasteiger partial charge in [-0.05, 0) is 35.0 Å². The third-order valence-corrected chi connectivity index (χ3v) is 5.09. The van der Waals surface area contributed by atoms with Gasteiger partial charge in [0.2, 0.25) is 5.13 Å². The van der Waals surface area contributed by atoms with E-state index in [1.54, 1.807) is 23.1 Å². The number of aromatic nitrogens is 2. The van der Waals surface area contributed by atoms with Gasteiger partial charge in [0.05, 0.1) is 5.75 Å². The van der Waals surface area contributed by atoms with Crippen molar-refractivity contribution < 1.29 is 0 Å². The molecule has 0 atom stereocenters. The van der Waals surface area contributed by atoms with Gasteiger partial charge in [-0.3, -0.25) is 0 Å². The highest BCUT2D eigenvalue weighted by atomic mass is 79.9. The number of rotatable bonds is 5. The summed E-state index contributed by atoms with van der Waals surface area (Å²) in [6, 6.07) is 8.20. The van der Waals surface area contributed by atoms with Crippen molar-refractivity contribution in [1.29, 1.82) is 0 Å². The van der Waals surface area contributed by atoms with E-state index >= 15 is 0 Å². The van der Waals surface area contributed by atoms with E-state index in [-0.39, 0.29) is 0 Å². The van der Waals surface area contributed by atoms with Crippen molar-refractivity contribution in [2.75, 3.05) is 11.9 Å². The number of halogens is 1. The highest BCUT2D eigenvalue weighted by molar-refractivity contribution is 9.10. The number of benzene rings is 1. The molecule has 2 rings (SSSR count). The Morgan fingerprint density at radius 1 is 1.35 bits per heavy atom. The van der Waals surface area contributed by atoms with Crippen LogP contribution < -0.4 is 5.32 Å². The molecule has 0 aliphatic carbocycles. The lowest BCUT2D eigenvalue weighted by Crippen LogP contribution is -1.94. The highest BCUT2D eigenvalue weighted by Crippen LogP contribution is 2.30. The molecule has 0 unspecified atom stereocenters. The summed E-state index contributed by atoms with van der Waals surface area (Å²) in [6.07, 6.45) is 0. The predicted octanol–water partition coefficient (Wildman–Crippen LogP) is 4.02. The summed E-state index contributed by atoms with van der Waals surface area (Å²) < 4.78 is 1.13. The van der Waals surface area contributed by atoms with Gasteiger partial charge < -0.3 is 5.32 Å². The van der Waals surface area contributed by atoms with E-state index in [1.807, 2.05) is 18.2 Å². The number of nitrogens with zero attached hydrogens (tertiary/aromatic N) is 2. The Balaban J connectivity index is 1.95. The molecule has 6 heteroatoms. The molecule has 1 aromatic carbocycles. The Kier molecular flexibility index (Phi) is 4.82. The van der Waals surface area contributed by atoms with Gasteiger partial charge in [-0.2, -0.15) is 0 Å². The molecule has 17 heavy (non-hydrogen) atoms. The standard InChI is InChI=1S/C11H12BrN3S2/c1-2-13-11-15-14-10(17-11)7-16-9-6-4-3-5-8(9)12/h3-6H,2,7H2,1H3,(H,13,15). The van der Waals surface area contributed by atoms with E-state index in [4.69, 9.17) is 0 Å². The number of anilines is 1. The van der Waals surface area contributed by atoms with E-state index in [9.17, 15) is 0 Å². The number of nitrogens with one attached hydrogen (secondary N) is 1. The summed E-state index contributed by atoms with van der Waals surface area (Å²) in [4.78, 5) is 1.23.